The fourth-order valence-electron chi connectivity index (χ4n) is 3.64. The molecule has 0 bridgehead atoms. The third-order valence-corrected chi connectivity index (χ3v) is 6.25. The van der Waals surface area contributed by atoms with E-state index >= 15 is 0 Å². The van der Waals surface area contributed by atoms with Crippen LogP contribution in [0.2, 0.25) is 0 Å². The summed E-state index contributed by atoms with van der Waals surface area (Å²) in [6.45, 7) is 2.24. The van der Waals surface area contributed by atoms with Gasteiger partial charge in [0, 0.05) is 30.0 Å². The van der Waals surface area contributed by atoms with Crippen LogP contribution in [-0.4, -0.2) is 37.5 Å². The standard InChI is InChI=1S/C19H25N5OS/c1-13-4-2-3-5-16(13)21-17(25)12-26-19-23-22-18(24(19)15-6-7-15)14-8-10-20-11-9-14/h8-11,13,15-16H,2-7,12H2,1H3,(H,21,25)/t13-,16+/m0/s1. The molecule has 0 spiro atoms. The number of aromatic nitrogens is 4. The maximum atomic E-state index is 12.4. The van der Waals surface area contributed by atoms with Crippen molar-refractivity contribution in [2.45, 2.75) is 62.7 Å². The molecule has 2 fully saturated rings. The van der Waals surface area contributed by atoms with Gasteiger partial charge in [-0.05, 0) is 43.7 Å². The van der Waals surface area contributed by atoms with Gasteiger partial charge < -0.3 is 5.32 Å². The van der Waals surface area contributed by atoms with Crippen molar-refractivity contribution in [2.24, 2.45) is 5.92 Å². The summed E-state index contributed by atoms with van der Waals surface area (Å²) in [4.78, 5) is 16.5. The normalized spacial score (nSPS) is 23.0. The van der Waals surface area contributed by atoms with Crippen LogP contribution in [0.1, 0.15) is 51.5 Å². The van der Waals surface area contributed by atoms with E-state index in [2.05, 4.69) is 32.0 Å². The fraction of sp³-hybridized carbons (Fsp3) is 0.579. The number of pyridine rings is 1. The largest absolute Gasteiger partial charge is 0.352 e. The number of nitrogens with zero attached hydrogens (tertiary/aromatic N) is 4. The van der Waals surface area contributed by atoms with Crippen LogP contribution in [0.15, 0.2) is 29.7 Å². The zero-order valence-corrected chi connectivity index (χ0v) is 15.9. The number of hydrogen-bond donors (Lipinski definition) is 1. The van der Waals surface area contributed by atoms with E-state index in [4.69, 9.17) is 0 Å². The second-order valence-electron chi connectivity index (χ2n) is 7.37. The number of rotatable bonds is 6. The van der Waals surface area contributed by atoms with Crippen LogP contribution in [-0.2, 0) is 4.79 Å². The van der Waals surface area contributed by atoms with Crippen molar-refractivity contribution in [1.82, 2.24) is 25.1 Å². The lowest BCUT2D eigenvalue weighted by Crippen LogP contribution is -2.41. The van der Waals surface area contributed by atoms with Gasteiger partial charge in [-0.2, -0.15) is 0 Å². The molecular weight excluding hydrogens is 346 g/mol. The van der Waals surface area contributed by atoms with E-state index in [1.807, 2.05) is 12.1 Å². The molecule has 2 aliphatic carbocycles. The molecule has 2 saturated carbocycles. The average Bonchev–Trinajstić information content (AvgIpc) is 3.42. The molecule has 6 nitrogen and oxygen atoms in total. The smallest absolute Gasteiger partial charge is 0.230 e. The maximum absolute atomic E-state index is 12.4. The lowest BCUT2D eigenvalue weighted by Gasteiger charge is -2.29. The fourth-order valence-corrected chi connectivity index (χ4v) is 4.46. The third kappa shape index (κ3) is 3.92. The zero-order chi connectivity index (χ0) is 17.9. The van der Waals surface area contributed by atoms with Gasteiger partial charge in [-0.1, -0.05) is 31.5 Å². The van der Waals surface area contributed by atoms with Crippen molar-refractivity contribution in [1.29, 1.82) is 0 Å². The van der Waals surface area contributed by atoms with Gasteiger partial charge >= 0.3 is 0 Å². The molecule has 2 heterocycles. The lowest BCUT2D eigenvalue weighted by atomic mass is 9.86. The van der Waals surface area contributed by atoms with Gasteiger partial charge in [-0.15, -0.1) is 10.2 Å². The van der Waals surface area contributed by atoms with Crippen molar-refractivity contribution in [3.05, 3.63) is 24.5 Å². The molecule has 2 aliphatic rings. The molecule has 0 unspecified atom stereocenters. The Hall–Kier alpha value is -1.89. The number of nitrogens with one attached hydrogen (secondary N) is 1. The Morgan fingerprint density at radius 1 is 1.19 bits per heavy atom. The molecule has 4 rings (SSSR count). The van der Waals surface area contributed by atoms with E-state index in [0.29, 0.717) is 23.8 Å². The molecule has 0 aliphatic heterocycles. The van der Waals surface area contributed by atoms with Crippen molar-refractivity contribution in [3.8, 4) is 11.4 Å². The minimum absolute atomic E-state index is 0.101. The van der Waals surface area contributed by atoms with Crippen LogP contribution < -0.4 is 5.32 Å². The summed E-state index contributed by atoms with van der Waals surface area (Å²) >= 11 is 1.49. The first kappa shape index (κ1) is 17.5. The zero-order valence-electron chi connectivity index (χ0n) is 15.1. The first-order valence-electron chi connectivity index (χ1n) is 9.50. The summed E-state index contributed by atoms with van der Waals surface area (Å²) in [5, 5.41) is 12.8. The Kier molecular flexibility index (Phi) is 5.24. The van der Waals surface area contributed by atoms with Gasteiger partial charge in [-0.3, -0.25) is 14.3 Å². The Balaban J connectivity index is 1.42. The Morgan fingerprint density at radius 2 is 1.96 bits per heavy atom. The second kappa shape index (κ2) is 7.78. The Morgan fingerprint density at radius 3 is 2.69 bits per heavy atom. The van der Waals surface area contributed by atoms with E-state index in [0.717, 1.165) is 35.8 Å². The molecule has 7 heteroatoms. The monoisotopic (exact) mass is 371 g/mol. The van der Waals surface area contributed by atoms with E-state index in [-0.39, 0.29) is 5.91 Å². The summed E-state index contributed by atoms with van der Waals surface area (Å²) in [6, 6.07) is 4.69. The van der Waals surface area contributed by atoms with Gasteiger partial charge in [-0.25, -0.2) is 0 Å². The summed E-state index contributed by atoms with van der Waals surface area (Å²) < 4.78 is 2.19. The molecule has 1 amide bonds. The van der Waals surface area contributed by atoms with Crippen LogP contribution >= 0.6 is 11.8 Å². The van der Waals surface area contributed by atoms with Gasteiger partial charge in [0.1, 0.15) is 0 Å². The summed E-state index contributed by atoms with van der Waals surface area (Å²) in [6.07, 6.45) is 10.6. The van der Waals surface area contributed by atoms with E-state index < -0.39 is 0 Å². The van der Waals surface area contributed by atoms with Crippen LogP contribution in [0.5, 0.6) is 0 Å². The van der Waals surface area contributed by atoms with Crippen LogP contribution in [0, 0.1) is 5.92 Å². The molecule has 2 aromatic heterocycles. The van der Waals surface area contributed by atoms with Crippen LogP contribution in [0.3, 0.4) is 0 Å². The van der Waals surface area contributed by atoms with Crippen molar-refractivity contribution >= 4 is 17.7 Å². The van der Waals surface area contributed by atoms with Gasteiger partial charge in [0.2, 0.25) is 5.91 Å². The van der Waals surface area contributed by atoms with Crippen LogP contribution in [0.25, 0.3) is 11.4 Å². The number of hydrogen-bond acceptors (Lipinski definition) is 5. The Bertz CT molecular complexity index is 759. The second-order valence-corrected chi connectivity index (χ2v) is 8.31. The minimum Gasteiger partial charge on any atom is -0.352 e. The summed E-state index contributed by atoms with van der Waals surface area (Å²) in [7, 11) is 0. The highest BCUT2D eigenvalue weighted by molar-refractivity contribution is 7.99. The topological polar surface area (TPSA) is 72.7 Å². The highest BCUT2D eigenvalue weighted by atomic mass is 32.2. The molecule has 0 aromatic carbocycles. The molecule has 26 heavy (non-hydrogen) atoms. The van der Waals surface area contributed by atoms with Crippen molar-refractivity contribution in [2.75, 3.05) is 5.75 Å². The molecule has 0 saturated heterocycles. The predicted octanol–water partition coefficient (Wildman–Crippen LogP) is 3.46. The molecule has 1 N–H and O–H groups in total. The summed E-state index contributed by atoms with van der Waals surface area (Å²) in [5.74, 6) is 1.94. The Labute approximate surface area is 158 Å². The van der Waals surface area contributed by atoms with E-state index in [1.165, 1.54) is 31.0 Å². The first-order chi connectivity index (χ1) is 12.7. The van der Waals surface area contributed by atoms with Crippen molar-refractivity contribution < 1.29 is 4.79 Å². The molecule has 2 aromatic rings. The molecule has 138 valence electrons. The lowest BCUT2D eigenvalue weighted by molar-refractivity contribution is -0.119. The number of thioether (sulfide) groups is 1. The van der Waals surface area contributed by atoms with Crippen LogP contribution in [0.4, 0.5) is 0 Å². The van der Waals surface area contributed by atoms with E-state index in [9.17, 15) is 4.79 Å². The summed E-state index contributed by atoms with van der Waals surface area (Å²) in [5.41, 5.74) is 1.02. The number of carbonyl (C=O) groups excluding carboxylic acids is 1. The molecular formula is C19H25N5OS. The van der Waals surface area contributed by atoms with E-state index in [1.54, 1.807) is 12.4 Å². The maximum Gasteiger partial charge on any atom is 0.230 e. The first-order valence-corrected chi connectivity index (χ1v) is 10.5. The SMILES string of the molecule is C[C@H]1CCCC[C@H]1NC(=O)CSc1nnc(-c2ccncc2)n1C1CC1. The van der Waals surface area contributed by atoms with Gasteiger partial charge in [0.15, 0.2) is 11.0 Å². The van der Waals surface area contributed by atoms with Crippen molar-refractivity contribution in [3.63, 3.8) is 0 Å². The molecule has 2 atom stereocenters. The number of amides is 1. The van der Waals surface area contributed by atoms with Gasteiger partial charge in [0.05, 0.1) is 5.75 Å². The number of carbonyl (C=O) groups is 1. The quantitative estimate of drug-likeness (QED) is 0.787. The average molecular weight is 372 g/mol. The highest BCUT2D eigenvalue weighted by Gasteiger charge is 2.30. The van der Waals surface area contributed by atoms with Gasteiger partial charge in [0.25, 0.3) is 0 Å². The highest BCUT2D eigenvalue weighted by Crippen LogP contribution is 2.40. The molecule has 0 radical (unpaired) electrons. The predicted molar refractivity (Wildman–Crippen MR) is 102 cm³/mol. The third-order valence-electron chi connectivity index (χ3n) is 5.31. The minimum atomic E-state index is 0.101.